The molecule has 0 atom stereocenters. The number of rotatable bonds is 7. The molecule has 3 aromatic rings. The van der Waals surface area contributed by atoms with Gasteiger partial charge in [0.25, 0.3) is 11.6 Å². The molecule has 3 aromatic carbocycles. The summed E-state index contributed by atoms with van der Waals surface area (Å²) in [5.41, 5.74) is 1.36. The van der Waals surface area contributed by atoms with Crippen LogP contribution in [0.15, 0.2) is 66.7 Å². The van der Waals surface area contributed by atoms with Crippen molar-refractivity contribution in [3.05, 3.63) is 82.4 Å². The van der Waals surface area contributed by atoms with Crippen LogP contribution in [0.3, 0.4) is 0 Å². The first-order chi connectivity index (χ1) is 14.0. The fraction of sp³-hybridized carbons (Fsp3) is 0.0952. The number of carbonyl (C=O) groups excluding carboxylic acids is 1. The number of benzene rings is 3. The third kappa shape index (κ3) is 4.62. The van der Waals surface area contributed by atoms with Crippen LogP contribution in [0.2, 0.25) is 0 Å². The van der Waals surface area contributed by atoms with E-state index in [1.807, 2.05) is 18.2 Å². The lowest BCUT2D eigenvalue weighted by Crippen LogP contribution is -2.13. The Kier molecular flexibility index (Phi) is 5.94. The fourth-order valence-electron chi connectivity index (χ4n) is 2.70. The third-order valence-electron chi connectivity index (χ3n) is 4.17. The highest BCUT2D eigenvalue weighted by molar-refractivity contribution is 6.06. The number of amides is 1. The Balaban J connectivity index is 1.86. The summed E-state index contributed by atoms with van der Waals surface area (Å²) in [6.07, 6.45) is 0. The van der Waals surface area contributed by atoms with Crippen molar-refractivity contribution in [2.24, 2.45) is 0 Å². The van der Waals surface area contributed by atoms with Gasteiger partial charge in [0.1, 0.15) is 17.2 Å². The standard InChI is InChI=1S/C21H19N3O5/c1-28-16-9-11-18(20(13-16)29-2)23-21(25)14-8-10-17(19(12-14)24(26)27)22-15-6-4-3-5-7-15/h3-13,22H,1-2H3,(H,23,25). The number of para-hydroxylation sites is 1. The summed E-state index contributed by atoms with van der Waals surface area (Å²) in [5, 5.41) is 17.2. The molecule has 0 aliphatic rings. The summed E-state index contributed by atoms with van der Waals surface area (Å²) in [5.74, 6) is 0.490. The number of nitro benzene ring substituents is 1. The van der Waals surface area contributed by atoms with E-state index >= 15 is 0 Å². The van der Waals surface area contributed by atoms with Gasteiger partial charge in [-0.3, -0.25) is 14.9 Å². The number of hydrogen-bond acceptors (Lipinski definition) is 6. The number of hydrogen-bond donors (Lipinski definition) is 2. The van der Waals surface area contributed by atoms with Gasteiger partial charge in [-0.2, -0.15) is 0 Å². The van der Waals surface area contributed by atoms with Crippen molar-refractivity contribution >= 4 is 28.7 Å². The lowest BCUT2D eigenvalue weighted by molar-refractivity contribution is -0.383. The molecular formula is C21H19N3O5. The maximum atomic E-state index is 12.6. The first-order valence-electron chi connectivity index (χ1n) is 8.65. The number of nitrogens with one attached hydrogen (secondary N) is 2. The largest absolute Gasteiger partial charge is 0.497 e. The fourth-order valence-corrected chi connectivity index (χ4v) is 2.70. The average molecular weight is 393 g/mol. The van der Waals surface area contributed by atoms with Gasteiger partial charge in [-0.25, -0.2) is 0 Å². The molecule has 0 fully saturated rings. The number of nitrogens with zero attached hydrogens (tertiary/aromatic N) is 1. The molecule has 8 nitrogen and oxygen atoms in total. The van der Waals surface area contributed by atoms with E-state index in [1.165, 1.54) is 32.4 Å². The topological polar surface area (TPSA) is 103 Å². The Morgan fingerprint density at radius 3 is 2.31 bits per heavy atom. The third-order valence-corrected chi connectivity index (χ3v) is 4.17. The zero-order chi connectivity index (χ0) is 20.8. The van der Waals surface area contributed by atoms with E-state index in [9.17, 15) is 14.9 Å². The van der Waals surface area contributed by atoms with Crippen LogP contribution in [0, 0.1) is 10.1 Å². The zero-order valence-corrected chi connectivity index (χ0v) is 15.8. The lowest BCUT2D eigenvalue weighted by Gasteiger charge is -2.12. The summed E-state index contributed by atoms with van der Waals surface area (Å²) in [4.78, 5) is 23.6. The van der Waals surface area contributed by atoms with Crippen molar-refractivity contribution < 1.29 is 19.2 Å². The van der Waals surface area contributed by atoms with Crippen molar-refractivity contribution in [1.82, 2.24) is 0 Å². The Morgan fingerprint density at radius 1 is 0.931 bits per heavy atom. The number of ether oxygens (including phenoxy) is 2. The number of carbonyl (C=O) groups is 1. The van der Waals surface area contributed by atoms with Crippen molar-refractivity contribution in [2.75, 3.05) is 24.9 Å². The predicted molar refractivity (Wildman–Crippen MR) is 110 cm³/mol. The molecule has 0 bridgehead atoms. The SMILES string of the molecule is COc1ccc(NC(=O)c2ccc(Nc3ccccc3)c([N+](=O)[O-])c2)c(OC)c1. The van der Waals surface area contributed by atoms with Crippen LogP contribution >= 0.6 is 0 Å². The van der Waals surface area contributed by atoms with Crippen LogP contribution in [-0.2, 0) is 0 Å². The highest BCUT2D eigenvalue weighted by Crippen LogP contribution is 2.31. The van der Waals surface area contributed by atoms with Gasteiger partial charge in [0, 0.05) is 23.4 Å². The quantitative estimate of drug-likeness (QED) is 0.449. The van der Waals surface area contributed by atoms with E-state index < -0.39 is 10.8 Å². The van der Waals surface area contributed by atoms with Crippen LogP contribution in [0.25, 0.3) is 0 Å². The maximum Gasteiger partial charge on any atom is 0.293 e. The van der Waals surface area contributed by atoms with Gasteiger partial charge < -0.3 is 20.1 Å². The molecule has 0 aliphatic carbocycles. The lowest BCUT2D eigenvalue weighted by atomic mass is 10.1. The smallest absolute Gasteiger partial charge is 0.293 e. The maximum absolute atomic E-state index is 12.6. The van der Waals surface area contributed by atoms with E-state index in [0.29, 0.717) is 28.6 Å². The van der Waals surface area contributed by atoms with Gasteiger partial charge in [-0.15, -0.1) is 0 Å². The second-order valence-electron chi connectivity index (χ2n) is 6.00. The van der Waals surface area contributed by atoms with Crippen molar-refractivity contribution in [3.63, 3.8) is 0 Å². The summed E-state index contributed by atoms with van der Waals surface area (Å²) in [7, 11) is 3.00. The van der Waals surface area contributed by atoms with Crippen molar-refractivity contribution in [1.29, 1.82) is 0 Å². The first kappa shape index (κ1) is 19.7. The summed E-state index contributed by atoms with van der Waals surface area (Å²) < 4.78 is 10.4. The van der Waals surface area contributed by atoms with E-state index in [-0.39, 0.29) is 11.3 Å². The second-order valence-corrected chi connectivity index (χ2v) is 6.00. The highest BCUT2D eigenvalue weighted by atomic mass is 16.6. The molecule has 0 unspecified atom stereocenters. The average Bonchev–Trinajstić information content (AvgIpc) is 2.74. The minimum Gasteiger partial charge on any atom is -0.497 e. The molecular weight excluding hydrogens is 374 g/mol. The van der Waals surface area contributed by atoms with Gasteiger partial charge in [-0.1, -0.05) is 18.2 Å². The van der Waals surface area contributed by atoms with Gasteiger partial charge in [0.15, 0.2) is 0 Å². The summed E-state index contributed by atoms with van der Waals surface area (Å²) in [6.45, 7) is 0. The molecule has 0 saturated heterocycles. The van der Waals surface area contributed by atoms with Crippen LogP contribution < -0.4 is 20.1 Å². The van der Waals surface area contributed by atoms with Crippen molar-refractivity contribution in [3.8, 4) is 11.5 Å². The van der Waals surface area contributed by atoms with Gasteiger partial charge in [0.05, 0.1) is 24.8 Å². The van der Waals surface area contributed by atoms with E-state index in [4.69, 9.17) is 9.47 Å². The minimum absolute atomic E-state index is 0.146. The Labute approximate surface area is 167 Å². The molecule has 0 aromatic heterocycles. The normalized spacial score (nSPS) is 10.1. The summed E-state index contributed by atoms with van der Waals surface area (Å²) >= 11 is 0. The van der Waals surface area contributed by atoms with Crippen LogP contribution in [0.4, 0.5) is 22.7 Å². The van der Waals surface area contributed by atoms with E-state index in [0.717, 1.165) is 0 Å². The molecule has 0 radical (unpaired) electrons. The molecule has 0 saturated carbocycles. The predicted octanol–water partition coefficient (Wildman–Crippen LogP) is 4.61. The first-order valence-corrected chi connectivity index (χ1v) is 8.65. The molecule has 8 heteroatoms. The number of nitro groups is 1. The minimum atomic E-state index is -0.532. The molecule has 2 N–H and O–H groups in total. The molecule has 3 rings (SSSR count). The molecule has 0 aliphatic heterocycles. The molecule has 0 spiro atoms. The number of anilines is 3. The van der Waals surface area contributed by atoms with Gasteiger partial charge in [0.2, 0.25) is 0 Å². The number of methoxy groups -OCH3 is 2. The zero-order valence-electron chi connectivity index (χ0n) is 15.8. The second kappa shape index (κ2) is 8.75. The Bertz CT molecular complexity index is 1040. The van der Waals surface area contributed by atoms with Crippen LogP contribution in [0.1, 0.15) is 10.4 Å². The Hall–Kier alpha value is -4.07. The molecule has 148 valence electrons. The van der Waals surface area contributed by atoms with Crippen molar-refractivity contribution in [2.45, 2.75) is 0 Å². The van der Waals surface area contributed by atoms with E-state index in [2.05, 4.69) is 10.6 Å². The Morgan fingerprint density at radius 2 is 1.66 bits per heavy atom. The monoisotopic (exact) mass is 393 g/mol. The van der Waals surface area contributed by atoms with E-state index in [1.54, 1.807) is 30.3 Å². The molecule has 1 amide bonds. The molecule has 29 heavy (non-hydrogen) atoms. The molecule has 0 heterocycles. The van der Waals surface area contributed by atoms with Crippen LogP contribution in [-0.4, -0.2) is 25.1 Å². The summed E-state index contributed by atoms with van der Waals surface area (Å²) in [6, 6.07) is 18.3. The van der Waals surface area contributed by atoms with Gasteiger partial charge >= 0.3 is 0 Å². The highest BCUT2D eigenvalue weighted by Gasteiger charge is 2.19. The van der Waals surface area contributed by atoms with Crippen LogP contribution in [0.5, 0.6) is 11.5 Å². The van der Waals surface area contributed by atoms with Gasteiger partial charge in [-0.05, 0) is 36.4 Å².